The van der Waals surface area contributed by atoms with Crippen molar-refractivity contribution in [3.63, 3.8) is 0 Å². The van der Waals surface area contributed by atoms with Gasteiger partial charge in [0.05, 0.1) is 0 Å². The molecule has 2 aliphatic heterocycles. The van der Waals surface area contributed by atoms with Crippen molar-refractivity contribution >= 4 is 5.69 Å². The van der Waals surface area contributed by atoms with Crippen LogP contribution in [-0.2, 0) is 6.42 Å². The van der Waals surface area contributed by atoms with E-state index in [1.54, 1.807) is 11.1 Å². The molecule has 0 aliphatic carbocycles. The average molecular weight is 188 g/mol. The summed E-state index contributed by atoms with van der Waals surface area (Å²) in [5, 5.41) is 3.50. The molecule has 2 nitrogen and oxygen atoms in total. The summed E-state index contributed by atoms with van der Waals surface area (Å²) < 4.78 is 0. The quantitative estimate of drug-likeness (QED) is 0.670. The van der Waals surface area contributed by atoms with Crippen LogP contribution in [0, 0.1) is 0 Å². The van der Waals surface area contributed by atoms with Crippen LogP contribution in [0.1, 0.15) is 23.6 Å². The molecule has 0 spiro atoms. The van der Waals surface area contributed by atoms with Crippen molar-refractivity contribution < 1.29 is 0 Å². The van der Waals surface area contributed by atoms with E-state index >= 15 is 0 Å². The van der Waals surface area contributed by atoms with Gasteiger partial charge in [-0.05, 0) is 37.1 Å². The highest BCUT2D eigenvalue weighted by Crippen LogP contribution is 2.38. The Bertz CT molecular complexity index is 345. The van der Waals surface area contributed by atoms with Gasteiger partial charge in [-0.1, -0.05) is 12.1 Å². The van der Waals surface area contributed by atoms with Crippen molar-refractivity contribution in [1.82, 2.24) is 4.90 Å². The largest absolute Gasteiger partial charge is 0.385 e. The number of rotatable bonds is 0. The second-order valence-corrected chi connectivity index (χ2v) is 4.34. The number of likely N-dealkylation sites (N-methyl/N-ethyl adjacent to an activating group) is 1. The zero-order chi connectivity index (χ0) is 9.54. The first-order chi connectivity index (χ1) is 6.86. The fourth-order valence-corrected chi connectivity index (χ4v) is 2.76. The van der Waals surface area contributed by atoms with Crippen LogP contribution in [0.25, 0.3) is 0 Å². The summed E-state index contributed by atoms with van der Waals surface area (Å²) in [5.41, 5.74) is 4.48. The molecule has 1 unspecified atom stereocenters. The molecule has 0 saturated heterocycles. The van der Waals surface area contributed by atoms with Crippen molar-refractivity contribution in [3.8, 4) is 0 Å². The van der Waals surface area contributed by atoms with Gasteiger partial charge in [-0.3, -0.25) is 4.90 Å². The monoisotopic (exact) mass is 188 g/mol. The molecule has 0 fully saturated rings. The summed E-state index contributed by atoms with van der Waals surface area (Å²) in [6.45, 7) is 2.33. The predicted molar refractivity (Wildman–Crippen MR) is 58.6 cm³/mol. The van der Waals surface area contributed by atoms with E-state index in [0.717, 1.165) is 6.54 Å². The summed E-state index contributed by atoms with van der Waals surface area (Å²) in [6, 6.07) is 7.33. The number of hydrogen-bond donors (Lipinski definition) is 1. The minimum Gasteiger partial charge on any atom is -0.385 e. The first-order valence-corrected chi connectivity index (χ1v) is 5.42. The van der Waals surface area contributed by atoms with Gasteiger partial charge in [0.1, 0.15) is 0 Å². The molecule has 74 valence electrons. The Hall–Kier alpha value is -1.02. The summed E-state index contributed by atoms with van der Waals surface area (Å²) in [5.74, 6) is 0. The molecule has 0 aromatic heterocycles. The van der Waals surface area contributed by atoms with Gasteiger partial charge in [-0.2, -0.15) is 0 Å². The second kappa shape index (κ2) is 2.99. The third-order valence-corrected chi connectivity index (χ3v) is 3.53. The zero-order valence-electron chi connectivity index (χ0n) is 8.59. The number of nitrogens with one attached hydrogen (secondary N) is 1. The summed E-state index contributed by atoms with van der Waals surface area (Å²) in [4.78, 5) is 2.49. The molecular formula is C12H16N2. The highest BCUT2D eigenvalue weighted by molar-refractivity contribution is 5.58. The standard InChI is InChI=1S/C12H16N2/c1-14-8-6-9-3-2-4-10-12(9)11(14)5-7-13-10/h2-4,11,13H,5-8H2,1H3. The number of hydrogen-bond acceptors (Lipinski definition) is 2. The lowest BCUT2D eigenvalue weighted by molar-refractivity contribution is 0.220. The van der Waals surface area contributed by atoms with Crippen LogP contribution < -0.4 is 5.32 Å². The number of anilines is 1. The van der Waals surface area contributed by atoms with Crippen LogP contribution >= 0.6 is 0 Å². The molecule has 3 rings (SSSR count). The average Bonchev–Trinajstić information content (AvgIpc) is 2.24. The summed E-state index contributed by atoms with van der Waals surface area (Å²) >= 11 is 0. The van der Waals surface area contributed by atoms with E-state index in [9.17, 15) is 0 Å². The minimum absolute atomic E-state index is 0.663. The highest BCUT2D eigenvalue weighted by Gasteiger charge is 2.29. The predicted octanol–water partition coefficient (Wildman–Crippen LogP) is 2.03. The lowest BCUT2D eigenvalue weighted by atomic mass is 9.87. The van der Waals surface area contributed by atoms with Crippen molar-refractivity contribution in [2.24, 2.45) is 0 Å². The maximum atomic E-state index is 3.50. The smallest absolute Gasteiger partial charge is 0.0391 e. The van der Waals surface area contributed by atoms with Gasteiger partial charge < -0.3 is 5.32 Å². The van der Waals surface area contributed by atoms with Crippen LogP contribution in [0.4, 0.5) is 5.69 Å². The van der Waals surface area contributed by atoms with E-state index in [2.05, 4.69) is 35.5 Å². The number of nitrogens with zero attached hydrogens (tertiary/aromatic N) is 1. The fraction of sp³-hybridized carbons (Fsp3) is 0.500. The van der Waals surface area contributed by atoms with Crippen LogP contribution in [0.3, 0.4) is 0 Å². The molecule has 0 amide bonds. The molecule has 0 saturated carbocycles. The Morgan fingerprint density at radius 1 is 1.43 bits per heavy atom. The van der Waals surface area contributed by atoms with Crippen molar-refractivity contribution in [2.75, 3.05) is 25.5 Å². The van der Waals surface area contributed by atoms with Crippen LogP contribution in [-0.4, -0.2) is 25.0 Å². The van der Waals surface area contributed by atoms with E-state index < -0.39 is 0 Å². The fourth-order valence-electron chi connectivity index (χ4n) is 2.76. The van der Waals surface area contributed by atoms with E-state index in [0.29, 0.717) is 6.04 Å². The van der Waals surface area contributed by atoms with Crippen LogP contribution in [0.2, 0.25) is 0 Å². The van der Waals surface area contributed by atoms with E-state index in [1.165, 1.54) is 25.1 Å². The zero-order valence-corrected chi connectivity index (χ0v) is 8.59. The third-order valence-electron chi connectivity index (χ3n) is 3.53. The van der Waals surface area contributed by atoms with E-state index in [-0.39, 0.29) is 0 Å². The molecule has 0 radical (unpaired) electrons. The molecule has 14 heavy (non-hydrogen) atoms. The lowest BCUT2D eigenvalue weighted by Crippen LogP contribution is -2.36. The van der Waals surface area contributed by atoms with Crippen molar-refractivity contribution in [2.45, 2.75) is 18.9 Å². The van der Waals surface area contributed by atoms with Crippen molar-refractivity contribution in [1.29, 1.82) is 0 Å². The Morgan fingerprint density at radius 3 is 3.29 bits per heavy atom. The van der Waals surface area contributed by atoms with Gasteiger partial charge in [0, 0.05) is 24.8 Å². The SMILES string of the molecule is CN1CCc2cccc3c2C1CCN3. The second-order valence-electron chi connectivity index (χ2n) is 4.34. The Kier molecular flexibility index (Phi) is 1.77. The molecule has 1 aromatic rings. The molecule has 1 N–H and O–H groups in total. The molecule has 0 bridgehead atoms. The highest BCUT2D eigenvalue weighted by atomic mass is 15.1. The summed E-state index contributed by atoms with van der Waals surface area (Å²) in [6.07, 6.45) is 2.46. The summed E-state index contributed by atoms with van der Waals surface area (Å²) in [7, 11) is 2.25. The number of benzene rings is 1. The van der Waals surface area contributed by atoms with E-state index in [4.69, 9.17) is 0 Å². The Labute approximate surface area is 84.9 Å². The van der Waals surface area contributed by atoms with Crippen LogP contribution in [0.5, 0.6) is 0 Å². The normalized spacial score (nSPS) is 25.4. The third kappa shape index (κ3) is 1.07. The first kappa shape index (κ1) is 8.30. The maximum Gasteiger partial charge on any atom is 0.0391 e. The van der Waals surface area contributed by atoms with Gasteiger partial charge >= 0.3 is 0 Å². The lowest BCUT2D eigenvalue weighted by Gasteiger charge is -2.39. The van der Waals surface area contributed by atoms with Gasteiger partial charge in [0.2, 0.25) is 0 Å². The van der Waals surface area contributed by atoms with Gasteiger partial charge in [0.15, 0.2) is 0 Å². The first-order valence-electron chi connectivity index (χ1n) is 5.42. The molecule has 1 atom stereocenters. The maximum absolute atomic E-state index is 3.50. The Balaban J connectivity index is 2.17. The van der Waals surface area contributed by atoms with Gasteiger partial charge in [0.25, 0.3) is 0 Å². The molecule has 2 heteroatoms. The van der Waals surface area contributed by atoms with Crippen LogP contribution in [0.15, 0.2) is 18.2 Å². The Morgan fingerprint density at radius 2 is 2.36 bits per heavy atom. The molecule has 2 aliphatic rings. The van der Waals surface area contributed by atoms with Crippen molar-refractivity contribution in [3.05, 3.63) is 29.3 Å². The van der Waals surface area contributed by atoms with Gasteiger partial charge in [-0.25, -0.2) is 0 Å². The molecule has 1 aromatic carbocycles. The van der Waals surface area contributed by atoms with E-state index in [1.807, 2.05) is 0 Å². The molecular weight excluding hydrogens is 172 g/mol. The topological polar surface area (TPSA) is 15.3 Å². The minimum atomic E-state index is 0.663. The molecule has 2 heterocycles. The van der Waals surface area contributed by atoms with Gasteiger partial charge in [-0.15, -0.1) is 0 Å².